The van der Waals surface area contributed by atoms with Crippen molar-refractivity contribution < 1.29 is 22.6 Å². The molecule has 4 heterocycles. The fourth-order valence-corrected chi connectivity index (χ4v) is 6.65. The molecule has 3 aromatic rings. The monoisotopic (exact) mass is 617 g/mol. The van der Waals surface area contributed by atoms with Gasteiger partial charge in [0.15, 0.2) is 5.03 Å². The standard InChI is InChI=1S/C25H31N5O5S2.2ClH/c1-29(37(31,32)23-5-3-4-6-26-23)22-15-19(35-12-11-33-2)13-18-14-21(28-24(18)22)25-27-16-20(36-25)17-30-7-9-34-10-8-30;;/h3-6,13-15,20,28H,7-12,16-17H2,1-2H3;2*1H. The Hall–Kier alpha value is -2.06. The molecule has 214 valence electrons. The zero-order valence-corrected chi connectivity index (χ0v) is 25.0. The zero-order valence-electron chi connectivity index (χ0n) is 21.7. The van der Waals surface area contributed by atoms with E-state index in [1.807, 2.05) is 12.1 Å². The van der Waals surface area contributed by atoms with E-state index in [1.54, 1.807) is 37.1 Å². The van der Waals surface area contributed by atoms with E-state index < -0.39 is 10.0 Å². The number of nitrogens with zero attached hydrogens (tertiary/aromatic N) is 4. The van der Waals surface area contributed by atoms with E-state index in [0.717, 1.165) is 55.5 Å². The number of rotatable bonds is 10. The van der Waals surface area contributed by atoms with Crippen molar-refractivity contribution in [3.8, 4) is 5.75 Å². The summed E-state index contributed by atoms with van der Waals surface area (Å²) in [6.07, 6.45) is 1.47. The molecule has 2 aliphatic rings. The fourth-order valence-electron chi connectivity index (χ4n) is 4.39. The molecule has 0 spiro atoms. The summed E-state index contributed by atoms with van der Waals surface area (Å²) in [5, 5.41) is 2.12. The molecular weight excluding hydrogens is 585 g/mol. The van der Waals surface area contributed by atoms with Gasteiger partial charge in [0.2, 0.25) is 0 Å². The Labute approximate surface area is 245 Å². The number of benzene rings is 1. The second-order valence-electron chi connectivity index (χ2n) is 8.87. The highest BCUT2D eigenvalue weighted by Crippen LogP contribution is 2.36. The lowest BCUT2D eigenvalue weighted by Gasteiger charge is -2.28. The Morgan fingerprint density at radius 2 is 1.97 bits per heavy atom. The molecule has 1 fully saturated rings. The first kappa shape index (κ1) is 31.5. The first-order valence-electron chi connectivity index (χ1n) is 12.2. The Morgan fingerprint density at radius 3 is 2.69 bits per heavy atom. The zero-order chi connectivity index (χ0) is 25.8. The van der Waals surface area contributed by atoms with Crippen LogP contribution in [-0.4, -0.2) is 100 Å². The lowest BCUT2D eigenvalue weighted by molar-refractivity contribution is 0.0385. The minimum absolute atomic E-state index is 0. The average molecular weight is 619 g/mol. The molecule has 1 saturated heterocycles. The maximum atomic E-state index is 13.4. The second kappa shape index (κ2) is 14.0. The van der Waals surface area contributed by atoms with Crippen LogP contribution in [0.25, 0.3) is 10.9 Å². The molecule has 1 unspecified atom stereocenters. The molecule has 5 rings (SSSR count). The van der Waals surface area contributed by atoms with Crippen LogP contribution in [0.4, 0.5) is 5.69 Å². The number of aromatic amines is 1. The summed E-state index contributed by atoms with van der Waals surface area (Å²) in [5.41, 5.74) is 2.02. The van der Waals surface area contributed by atoms with Gasteiger partial charge in [0.1, 0.15) is 17.4 Å². The van der Waals surface area contributed by atoms with Crippen LogP contribution < -0.4 is 9.04 Å². The number of nitrogens with one attached hydrogen (secondary N) is 1. The topological polar surface area (TPSA) is 109 Å². The van der Waals surface area contributed by atoms with Gasteiger partial charge in [-0.1, -0.05) is 17.8 Å². The van der Waals surface area contributed by atoms with Crippen LogP contribution in [0.15, 0.2) is 52.6 Å². The van der Waals surface area contributed by atoms with Crippen molar-refractivity contribution in [1.82, 2.24) is 14.9 Å². The molecular formula is C25H33Cl2N5O5S2. The number of ether oxygens (including phenoxy) is 3. The van der Waals surface area contributed by atoms with Crippen molar-refractivity contribution in [3.05, 3.63) is 48.3 Å². The third-order valence-electron chi connectivity index (χ3n) is 6.35. The number of fused-ring (bicyclic) bond motifs is 1. The van der Waals surface area contributed by atoms with Crippen LogP contribution in [0.5, 0.6) is 5.75 Å². The van der Waals surface area contributed by atoms with E-state index in [0.29, 0.717) is 35.4 Å². The number of methoxy groups -OCH3 is 1. The highest BCUT2D eigenvalue weighted by Gasteiger charge is 2.28. The van der Waals surface area contributed by atoms with Crippen molar-refractivity contribution >= 4 is 68.2 Å². The van der Waals surface area contributed by atoms with Gasteiger partial charge in [-0.3, -0.25) is 14.2 Å². The number of hydrogen-bond acceptors (Lipinski definition) is 9. The van der Waals surface area contributed by atoms with Crippen LogP contribution in [-0.2, 0) is 19.5 Å². The number of H-pyrrole nitrogens is 1. The average Bonchev–Trinajstić information content (AvgIpc) is 3.56. The van der Waals surface area contributed by atoms with Crippen LogP contribution in [0, 0.1) is 0 Å². The minimum Gasteiger partial charge on any atom is -0.491 e. The number of anilines is 1. The molecule has 0 bridgehead atoms. The molecule has 10 nitrogen and oxygen atoms in total. The van der Waals surface area contributed by atoms with Crippen molar-refractivity contribution in [3.63, 3.8) is 0 Å². The van der Waals surface area contributed by atoms with Crippen molar-refractivity contribution in [2.75, 3.05) is 71.1 Å². The molecule has 1 aromatic carbocycles. The first-order chi connectivity index (χ1) is 18.0. The van der Waals surface area contributed by atoms with E-state index in [1.165, 1.54) is 23.6 Å². The van der Waals surface area contributed by atoms with Gasteiger partial charge >= 0.3 is 0 Å². The summed E-state index contributed by atoms with van der Waals surface area (Å²) in [5.74, 6) is 0.555. The smallest absolute Gasteiger partial charge is 0.281 e. The van der Waals surface area contributed by atoms with E-state index in [4.69, 9.17) is 19.2 Å². The third kappa shape index (κ3) is 7.18. The number of aromatic nitrogens is 2. The summed E-state index contributed by atoms with van der Waals surface area (Å²) < 4.78 is 44.5. The van der Waals surface area contributed by atoms with Crippen molar-refractivity contribution in [2.45, 2.75) is 10.3 Å². The summed E-state index contributed by atoms with van der Waals surface area (Å²) in [4.78, 5) is 14.7. The number of pyridine rings is 1. The second-order valence-corrected chi connectivity index (χ2v) is 12.1. The van der Waals surface area contributed by atoms with Gasteiger partial charge in [-0.25, -0.2) is 4.98 Å². The predicted molar refractivity (Wildman–Crippen MR) is 160 cm³/mol. The third-order valence-corrected chi connectivity index (χ3v) is 9.24. The summed E-state index contributed by atoms with van der Waals surface area (Å²) in [6.45, 7) is 5.94. The molecule has 0 radical (unpaired) electrons. The van der Waals surface area contributed by atoms with Crippen LogP contribution in [0.3, 0.4) is 0 Å². The largest absolute Gasteiger partial charge is 0.491 e. The fraction of sp³-hybridized carbons (Fsp3) is 0.440. The Kier molecular flexibility index (Phi) is 11.3. The van der Waals surface area contributed by atoms with E-state index in [2.05, 4.69) is 14.9 Å². The molecule has 2 aliphatic heterocycles. The van der Waals surface area contributed by atoms with Gasteiger partial charge in [-0.2, -0.15) is 8.42 Å². The maximum Gasteiger partial charge on any atom is 0.281 e. The Balaban J connectivity index is 0.00000210. The Bertz CT molecular complexity index is 1370. The minimum atomic E-state index is -3.89. The van der Waals surface area contributed by atoms with Gasteiger partial charge in [0, 0.05) is 56.7 Å². The normalized spacial score (nSPS) is 17.8. The van der Waals surface area contributed by atoms with E-state index in [-0.39, 0.29) is 29.8 Å². The number of aliphatic imine (C=N–C) groups is 1. The SMILES string of the molecule is COCCOc1cc(N(C)S(=O)(=O)c2ccccn2)c2[nH]c(C3=NCC(CN4CCOCC4)S3)cc2c1.Cl.Cl. The first-order valence-corrected chi connectivity index (χ1v) is 14.5. The number of halogens is 2. The summed E-state index contributed by atoms with van der Waals surface area (Å²) in [7, 11) is -0.756. The maximum absolute atomic E-state index is 13.4. The molecule has 1 atom stereocenters. The number of morpholine rings is 1. The van der Waals surface area contributed by atoms with Crippen molar-refractivity contribution in [1.29, 1.82) is 0 Å². The van der Waals surface area contributed by atoms with Gasteiger partial charge in [0.25, 0.3) is 10.0 Å². The van der Waals surface area contributed by atoms with Gasteiger partial charge in [-0.15, -0.1) is 24.8 Å². The molecule has 0 saturated carbocycles. The highest BCUT2D eigenvalue weighted by atomic mass is 35.5. The van der Waals surface area contributed by atoms with E-state index in [9.17, 15) is 8.42 Å². The lowest BCUT2D eigenvalue weighted by Crippen LogP contribution is -2.40. The quantitative estimate of drug-likeness (QED) is 0.345. The van der Waals surface area contributed by atoms with Crippen LogP contribution in [0.2, 0.25) is 0 Å². The molecule has 39 heavy (non-hydrogen) atoms. The lowest BCUT2D eigenvalue weighted by atomic mass is 10.2. The molecule has 2 aromatic heterocycles. The molecule has 1 N–H and O–H groups in total. The van der Waals surface area contributed by atoms with Gasteiger partial charge < -0.3 is 19.2 Å². The highest BCUT2D eigenvalue weighted by molar-refractivity contribution is 8.15. The van der Waals surface area contributed by atoms with Crippen LogP contribution >= 0.6 is 36.6 Å². The van der Waals surface area contributed by atoms with Gasteiger partial charge in [-0.05, 0) is 24.3 Å². The van der Waals surface area contributed by atoms with Crippen molar-refractivity contribution in [2.24, 2.45) is 4.99 Å². The predicted octanol–water partition coefficient (Wildman–Crippen LogP) is 3.45. The molecule has 0 amide bonds. The molecule has 14 heteroatoms. The number of sulfonamides is 1. The Morgan fingerprint density at radius 1 is 1.18 bits per heavy atom. The summed E-state index contributed by atoms with van der Waals surface area (Å²) >= 11 is 1.76. The number of hydrogen-bond donors (Lipinski definition) is 1. The van der Waals surface area contributed by atoms with Gasteiger partial charge in [0.05, 0.1) is 43.3 Å². The van der Waals surface area contributed by atoms with Crippen LogP contribution in [0.1, 0.15) is 5.69 Å². The number of thioether (sulfide) groups is 1. The van der Waals surface area contributed by atoms with E-state index >= 15 is 0 Å². The molecule has 0 aliphatic carbocycles. The summed E-state index contributed by atoms with van der Waals surface area (Å²) in [6, 6.07) is 10.5.